The zero-order chi connectivity index (χ0) is 11.7. The Hall–Kier alpha value is -1.38. The minimum absolute atomic E-state index is 0.197. The van der Waals surface area contributed by atoms with Gasteiger partial charge in [0.25, 0.3) is 0 Å². The van der Waals surface area contributed by atoms with Crippen LogP contribution in [-0.4, -0.2) is 33.0 Å². The minimum Gasteiger partial charge on any atom is -0.479 e. The Morgan fingerprint density at radius 2 is 2.20 bits per heavy atom. The molecular weight excluding hydrogens is 235 g/mol. The number of halogens is 3. The van der Waals surface area contributed by atoms with E-state index in [1.807, 2.05) is 0 Å². The SMILES string of the molecule is CC(Nc1nncs1)(C(=O)O)C(F)(F)F. The normalized spacial score (nSPS) is 15.7. The Morgan fingerprint density at radius 3 is 2.53 bits per heavy atom. The number of rotatable bonds is 3. The first-order valence-electron chi connectivity index (χ1n) is 3.62. The highest BCUT2D eigenvalue weighted by Gasteiger charge is 2.58. The Labute approximate surface area is 85.9 Å². The van der Waals surface area contributed by atoms with Gasteiger partial charge in [-0.15, -0.1) is 10.2 Å². The molecule has 1 aromatic heterocycles. The largest absolute Gasteiger partial charge is 0.479 e. The lowest BCUT2D eigenvalue weighted by molar-refractivity contribution is -0.192. The predicted molar refractivity (Wildman–Crippen MR) is 45.6 cm³/mol. The van der Waals surface area contributed by atoms with Crippen LogP contribution in [0.2, 0.25) is 0 Å². The van der Waals surface area contributed by atoms with Gasteiger partial charge in [-0.05, 0) is 6.92 Å². The Bertz CT molecular complexity index is 353. The molecule has 1 rings (SSSR count). The highest BCUT2D eigenvalue weighted by atomic mass is 32.1. The Balaban J connectivity index is 2.99. The number of carboxylic acids is 1. The monoisotopic (exact) mass is 241 g/mol. The molecule has 0 bridgehead atoms. The van der Waals surface area contributed by atoms with E-state index in [2.05, 4.69) is 10.2 Å². The smallest absolute Gasteiger partial charge is 0.422 e. The lowest BCUT2D eigenvalue weighted by Gasteiger charge is -2.27. The second-order valence-electron chi connectivity index (χ2n) is 2.80. The maximum absolute atomic E-state index is 12.5. The van der Waals surface area contributed by atoms with Crippen LogP contribution < -0.4 is 5.32 Å². The first-order valence-corrected chi connectivity index (χ1v) is 4.50. The molecule has 84 valence electrons. The molecule has 0 aliphatic rings. The summed E-state index contributed by atoms with van der Waals surface area (Å²) in [5, 5.41) is 16.7. The number of hydrogen-bond donors (Lipinski definition) is 2. The summed E-state index contributed by atoms with van der Waals surface area (Å²) in [5.74, 6) is -2.02. The highest BCUT2D eigenvalue weighted by molar-refractivity contribution is 7.13. The molecule has 0 saturated heterocycles. The van der Waals surface area contributed by atoms with E-state index in [1.54, 1.807) is 5.32 Å². The van der Waals surface area contributed by atoms with E-state index in [1.165, 1.54) is 5.51 Å². The van der Waals surface area contributed by atoms with E-state index in [4.69, 9.17) is 5.11 Å². The number of aliphatic carboxylic acids is 1. The summed E-state index contributed by atoms with van der Waals surface area (Å²) < 4.78 is 37.4. The van der Waals surface area contributed by atoms with Gasteiger partial charge in [0.15, 0.2) is 0 Å². The molecule has 0 aliphatic carbocycles. The van der Waals surface area contributed by atoms with Gasteiger partial charge in [-0.1, -0.05) is 11.3 Å². The third kappa shape index (κ3) is 2.17. The Morgan fingerprint density at radius 1 is 1.60 bits per heavy atom. The van der Waals surface area contributed by atoms with Gasteiger partial charge in [-0.3, -0.25) is 0 Å². The number of aromatic nitrogens is 2. The fourth-order valence-corrected chi connectivity index (χ4v) is 1.24. The topological polar surface area (TPSA) is 75.1 Å². The van der Waals surface area contributed by atoms with Gasteiger partial charge in [-0.25, -0.2) is 4.79 Å². The molecule has 1 aromatic rings. The van der Waals surface area contributed by atoms with Gasteiger partial charge in [-0.2, -0.15) is 13.2 Å². The van der Waals surface area contributed by atoms with Crippen LogP contribution in [0.15, 0.2) is 5.51 Å². The number of alkyl halides is 3. The predicted octanol–water partition coefficient (Wildman–Crippen LogP) is 1.36. The number of nitrogens with one attached hydrogen (secondary N) is 1. The van der Waals surface area contributed by atoms with Crippen LogP contribution in [0.1, 0.15) is 6.92 Å². The van der Waals surface area contributed by atoms with Gasteiger partial charge in [0.1, 0.15) is 5.51 Å². The van der Waals surface area contributed by atoms with Crippen LogP contribution in [0.4, 0.5) is 18.3 Å². The molecule has 0 radical (unpaired) electrons. The summed E-state index contributed by atoms with van der Waals surface area (Å²) in [5.41, 5.74) is -1.87. The summed E-state index contributed by atoms with van der Waals surface area (Å²) in [6.07, 6.45) is -4.93. The van der Waals surface area contributed by atoms with Crippen LogP contribution in [-0.2, 0) is 4.79 Å². The molecule has 1 atom stereocenters. The molecule has 15 heavy (non-hydrogen) atoms. The van der Waals surface area contributed by atoms with Gasteiger partial charge in [0.05, 0.1) is 0 Å². The van der Waals surface area contributed by atoms with Crippen LogP contribution in [0.25, 0.3) is 0 Å². The van der Waals surface area contributed by atoms with Crippen molar-refractivity contribution in [3.63, 3.8) is 0 Å². The van der Waals surface area contributed by atoms with E-state index in [0.717, 1.165) is 11.3 Å². The Kier molecular flexibility index (Phi) is 2.84. The molecule has 1 unspecified atom stereocenters. The molecule has 2 N–H and O–H groups in total. The standard InChI is InChI=1S/C6H6F3N3O2S/c1-5(3(13)14,6(7,8)9)11-4-12-10-2-15-4/h2H,1H3,(H,11,12)(H,13,14). The zero-order valence-corrected chi connectivity index (χ0v) is 8.19. The zero-order valence-electron chi connectivity index (χ0n) is 7.37. The number of carboxylic acid groups (broad SMARTS) is 1. The van der Waals surface area contributed by atoms with Crippen molar-refractivity contribution in [3.05, 3.63) is 5.51 Å². The van der Waals surface area contributed by atoms with Gasteiger partial charge >= 0.3 is 12.1 Å². The summed E-state index contributed by atoms with van der Waals surface area (Å²) >= 11 is 0.787. The minimum atomic E-state index is -4.93. The average molecular weight is 241 g/mol. The fourth-order valence-electron chi connectivity index (χ4n) is 0.687. The molecule has 0 amide bonds. The second kappa shape index (κ2) is 3.65. The number of anilines is 1. The van der Waals surface area contributed by atoms with Crippen molar-refractivity contribution >= 4 is 22.4 Å². The molecule has 1 heterocycles. The van der Waals surface area contributed by atoms with Crippen LogP contribution in [0.3, 0.4) is 0 Å². The lowest BCUT2D eigenvalue weighted by Crippen LogP contribution is -2.55. The maximum Gasteiger partial charge on any atom is 0.422 e. The maximum atomic E-state index is 12.5. The molecule has 9 heteroatoms. The third-order valence-corrected chi connectivity index (χ3v) is 2.32. The fraction of sp³-hybridized carbons (Fsp3) is 0.500. The van der Waals surface area contributed by atoms with E-state index in [9.17, 15) is 18.0 Å². The first kappa shape index (κ1) is 11.7. The molecule has 0 fully saturated rings. The third-order valence-electron chi connectivity index (χ3n) is 1.71. The van der Waals surface area contributed by atoms with Crippen molar-refractivity contribution in [2.24, 2.45) is 0 Å². The van der Waals surface area contributed by atoms with Gasteiger partial charge < -0.3 is 10.4 Å². The van der Waals surface area contributed by atoms with Crippen LogP contribution in [0, 0.1) is 0 Å². The summed E-state index contributed by atoms with van der Waals surface area (Å²) in [6.45, 7) is 0.525. The molecule has 5 nitrogen and oxygen atoms in total. The van der Waals surface area contributed by atoms with Crippen molar-refractivity contribution in [3.8, 4) is 0 Å². The van der Waals surface area contributed by atoms with Crippen molar-refractivity contribution in [2.45, 2.75) is 18.6 Å². The molecule has 0 spiro atoms. The van der Waals surface area contributed by atoms with Crippen molar-refractivity contribution in [1.82, 2.24) is 10.2 Å². The van der Waals surface area contributed by atoms with E-state index in [-0.39, 0.29) is 5.13 Å². The molecule has 0 aromatic carbocycles. The summed E-state index contributed by atoms with van der Waals surface area (Å²) in [7, 11) is 0. The molecule has 0 aliphatic heterocycles. The van der Waals surface area contributed by atoms with E-state index >= 15 is 0 Å². The van der Waals surface area contributed by atoms with Crippen molar-refractivity contribution in [1.29, 1.82) is 0 Å². The lowest BCUT2D eigenvalue weighted by atomic mass is 10.0. The first-order chi connectivity index (χ1) is 6.77. The average Bonchev–Trinajstić information content (AvgIpc) is 2.54. The quantitative estimate of drug-likeness (QED) is 0.835. The van der Waals surface area contributed by atoms with Gasteiger partial charge in [0, 0.05) is 0 Å². The van der Waals surface area contributed by atoms with E-state index < -0.39 is 17.7 Å². The van der Waals surface area contributed by atoms with Crippen LogP contribution >= 0.6 is 11.3 Å². The van der Waals surface area contributed by atoms with E-state index in [0.29, 0.717) is 6.92 Å². The molecule has 0 saturated carbocycles. The summed E-state index contributed by atoms with van der Waals surface area (Å²) in [6, 6.07) is 0. The highest BCUT2D eigenvalue weighted by Crippen LogP contribution is 2.33. The second-order valence-corrected chi connectivity index (χ2v) is 3.63. The summed E-state index contributed by atoms with van der Waals surface area (Å²) in [4.78, 5) is 10.6. The van der Waals surface area contributed by atoms with Gasteiger partial charge in [0.2, 0.25) is 10.7 Å². The number of nitrogens with zero attached hydrogens (tertiary/aromatic N) is 2. The van der Waals surface area contributed by atoms with Crippen molar-refractivity contribution < 1.29 is 23.1 Å². The molecular formula is C6H6F3N3O2S. The number of hydrogen-bond acceptors (Lipinski definition) is 5. The van der Waals surface area contributed by atoms with Crippen molar-refractivity contribution in [2.75, 3.05) is 5.32 Å². The van der Waals surface area contributed by atoms with Crippen LogP contribution in [0.5, 0.6) is 0 Å². The number of carbonyl (C=O) groups is 1.